The fourth-order valence-electron chi connectivity index (χ4n) is 2.63. The van der Waals surface area contributed by atoms with E-state index in [4.69, 9.17) is 4.42 Å². The van der Waals surface area contributed by atoms with Gasteiger partial charge in [-0.2, -0.15) is 0 Å². The van der Waals surface area contributed by atoms with Crippen molar-refractivity contribution in [1.82, 2.24) is 5.32 Å². The summed E-state index contributed by atoms with van der Waals surface area (Å²) < 4.78 is 5.18. The molecule has 96 valence electrons. The predicted octanol–water partition coefficient (Wildman–Crippen LogP) is 2.87. The first-order valence-electron chi connectivity index (χ1n) is 6.74. The summed E-state index contributed by atoms with van der Waals surface area (Å²) in [5, 5.41) is 13.3. The third kappa shape index (κ3) is 3.58. The molecule has 3 nitrogen and oxygen atoms in total. The van der Waals surface area contributed by atoms with Crippen LogP contribution in [0.5, 0.6) is 0 Å². The normalized spacial score (nSPS) is 26.9. The van der Waals surface area contributed by atoms with Crippen LogP contribution < -0.4 is 5.32 Å². The molecule has 1 unspecified atom stereocenters. The number of nitrogens with one attached hydrogen (secondary N) is 1. The van der Waals surface area contributed by atoms with E-state index in [0.29, 0.717) is 18.3 Å². The maximum atomic E-state index is 9.88. The van der Waals surface area contributed by atoms with Gasteiger partial charge in [-0.25, -0.2) is 0 Å². The first kappa shape index (κ1) is 12.7. The van der Waals surface area contributed by atoms with Crippen LogP contribution >= 0.6 is 0 Å². The highest BCUT2D eigenvalue weighted by Gasteiger charge is 2.20. The second kappa shape index (κ2) is 6.22. The zero-order chi connectivity index (χ0) is 12.1. The SMILES string of the molecule is CCC1CCC(NCC(O)c2ccco2)CC1. The summed E-state index contributed by atoms with van der Waals surface area (Å²) in [6, 6.07) is 4.20. The minimum Gasteiger partial charge on any atom is -0.467 e. The summed E-state index contributed by atoms with van der Waals surface area (Å²) in [6.45, 7) is 2.87. The van der Waals surface area contributed by atoms with Crippen LogP contribution in [0.4, 0.5) is 0 Å². The zero-order valence-electron chi connectivity index (χ0n) is 10.6. The molecule has 1 atom stereocenters. The molecule has 0 aromatic carbocycles. The van der Waals surface area contributed by atoms with E-state index in [1.807, 2.05) is 12.1 Å². The third-order valence-electron chi connectivity index (χ3n) is 3.90. The summed E-state index contributed by atoms with van der Waals surface area (Å²) in [5.74, 6) is 1.57. The van der Waals surface area contributed by atoms with Gasteiger partial charge in [0, 0.05) is 12.6 Å². The summed E-state index contributed by atoms with van der Waals surface area (Å²) >= 11 is 0. The van der Waals surface area contributed by atoms with Crippen molar-refractivity contribution < 1.29 is 9.52 Å². The van der Waals surface area contributed by atoms with Crippen LogP contribution in [0.1, 0.15) is 50.9 Å². The number of hydrogen-bond donors (Lipinski definition) is 2. The van der Waals surface area contributed by atoms with Crippen molar-refractivity contribution in [3.63, 3.8) is 0 Å². The molecule has 1 aromatic heterocycles. The molecule has 1 aliphatic rings. The Morgan fingerprint density at radius 1 is 1.41 bits per heavy atom. The average molecular weight is 237 g/mol. The van der Waals surface area contributed by atoms with Crippen molar-refractivity contribution in [2.75, 3.05) is 6.54 Å². The Balaban J connectivity index is 1.69. The van der Waals surface area contributed by atoms with Crippen LogP contribution in [0, 0.1) is 5.92 Å². The summed E-state index contributed by atoms with van der Waals surface area (Å²) in [7, 11) is 0. The van der Waals surface area contributed by atoms with Gasteiger partial charge < -0.3 is 14.8 Å². The Kier molecular flexibility index (Phi) is 4.63. The molecular weight excluding hydrogens is 214 g/mol. The lowest BCUT2D eigenvalue weighted by Crippen LogP contribution is -2.35. The second-order valence-electron chi connectivity index (χ2n) is 5.07. The van der Waals surface area contributed by atoms with Crippen LogP contribution in [-0.2, 0) is 0 Å². The highest BCUT2D eigenvalue weighted by Crippen LogP contribution is 2.26. The van der Waals surface area contributed by atoms with Gasteiger partial charge in [0.2, 0.25) is 0 Å². The third-order valence-corrected chi connectivity index (χ3v) is 3.90. The monoisotopic (exact) mass is 237 g/mol. The average Bonchev–Trinajstić information content (AvgIpc) is 2.90. The van der Waals surface area contributed by atoms with E-state index in [1.165, 1.54) is 32.1 Å². The fraction of sp³-hybridized carbons (Fsp3) is 0.714. The van der Waals surface area contributed by atoms with Crippen molar-refractivity contribution in [3.05, 3.63) is 24.2 Å². The van der Waals surface area contributed by atoms with Crippen LogP contribution in [0.15, 0.2) is 22.8 Å². The van der Waals surface area contributed by atoms with Gasteiger partial charge in [-0.15, -0.1) is 0 Å². The minimum atomic E-state index is -0.520. The molecule has 1 saturated carbocycles. The van der Waals surface area contributed by atoms with Crippen LogP contribution in [0.25, 0.3) is 0 Å². The first-order chi connectivity index (χ1) is 8.29. The molecule has 1 aliphatic carbocycles. The lowest BCUT2D eigenvalue weighted by atomic mass is 9.84. The quantitative estimate of drug-likeness (QED) is 0.827. The van der Waals surface area contributed by atoms with Crippen LogP contribution in [0.3, 0.4) is 0 Å². The molecular formula is C14H23NO2. The molecule has 1 fully saturated rings. The largest absolute Gasteiger partial charge is 0.467 e. The molecule has 0 bridgehead atoms. The molecule has 0 radical (unpaired) electrons. The van der Waals surface area contributed by atoms with Gasteiger partial charge in [0.1, 0.15) is 11.9 Å². The van der Waals surface area contributed by atoms with Gasteiger partial charge in [0.25, 0.3) is 0 Å². The van der Waals surface area contributed by atoms with E-state index in [0.717, 1.165) is 5.92 Å². The Hall–Kier alpha value is -0.800. The van der Waals surface area contributed by atoms with Crippen molar-refractivity contribution >= 4 is 0 Å². The molecule has 1 aromatic rings. The molecule has 0 spiro atoms. The Bertz CT molecular complexity index is 302. The zero-order valence-corrected chi connectivity index (χ0v) is 10.6. The van der Waals surface area contributed by atoms with E-state index in [9.17, 15) is 5.11 Å². The van der Waals surface area contributed by atoms with Gasteiger partial charge >= 0.3 is 0 Å². The molecule has 17 heavy (non-hydrogen) atoms. The maximum absolute atomic E-state index is 9.88. The number of rotatable bonds is 5. The van der Waals surface area contributed by atoms with Crippen molar-refractivity contribution in [1.29, 1.82) is 0 Å². The highest BCUT2D eigenvalue weighted by atomic mass is 16.4. The number of furan rings is 1. The maximum Gasteiger partial charge on any atom is 0.133 e. The number of aliphatic hydroxyl groups is 1. The molecule has 2 N–H and O–H groups in total. The number of aliphatic hydroxyl groups excluding tert-OH is 1. The van der Waals surface area contributed by atoms with E-state index in [2.05, 4.69) is 12.2 Å². The summed E-state index contributed by atoms with van der Waals surface area (Å²) in [4.78, 5) is 0. The van der Waals surface area contributed by atoms with E-state index < -0.39 is 6.10 Å². The highest BCUT2D eigenvalue weighted by molar-refractivity contribution is 5.02. The Morgan fingerprint density at radius 3 is 2.76 bits per heavy atom. The molecule has 0 aliphatic heterocycles. The fourth-order valence-corrected chi connectivity index (χ4v) is 2.63. The van der Waals surface area contributed by atoms with E-state index in [-0.39, 0.29) is 0 Å². The van der Waals surface area contributed by atoms with Crippen molar-refractivity contribution in [2.45, 2.75) is 51.2 Å². The lowest BCUT2D eigenvalue weighted by molar-refractivity contribution is 0.138. The minimum absolute atomic E-state index is 0.520. The summed E-state index contributed by atoms with van der Waals surface area (Å²) in [6.07, 6.45) is 7.52. The topological polar surface area (TPSA) is 45.4 Å². The standard InChI is InChI=1S/C14H23NO2/c1-2-11-5-7-12(8-6-11)15-10-13(16)14-4-3-9-17-14/h3-4,9,11-13,15-16H,2,5-8,10H2,1H3. The molecule has 0 amide bonds. The van der Waals surface area contributed by atoms with E-state index >= 15 is 0 Å². The van der Waals surface area contributed by atoms with Crippen molar-refractivity contribution in [3.8, 4) is 0 Å². The molecule has 2 rings (SSSR count). The predicted molar refractivity (Wildman–Crippen MR) is 67.7 cm³/mol. The van der Waals surface area contributed by atoms with E-state index in [1.54, 1.807) is 6.26 Å². The molecule has 3 heteroatoms. The number of hydrogen-bond acceptors (Lipinski definition) is 3. The smallest absolute Gasteiger partial charge is 0.133 e. The molecule has 1 heterocycles. The Labute approximate surface area is 103 Å². The second-order valence-corrected chi connectivity index (χ2v) is 5.07. The Morgan fingerprint density at radius 2 is 2.18 bits per heavy atom. The molecule has 0 saturated heterocycles. The van der Waals surface area contributed by atoms with Gasteiger partial charge in [-0.1, -0.05) is 13.3 Å². The lowest BCUT2D eigenvalue weighted by Gasteiger charge is -2.29. The van der Waals surface area contributed by atoms with Gasteiger partial charge in [0.05, 0.1) is 6.26 Å². The van der Waals surface area contributed by atoms with Gasteiger partial charge in [-0.05, 0) is 43.7 Å². The van der Waals surface area contributed by atoms with Crippen molar-refractivity contribution in [2.24, 2.45) is 5.92 Å². The van der Waals surface area contributed by atoms with Gasteiger partial charge in [-0.3, -0.25) is 0 Å². The van der Waals surface area contributed by atoms with Crippen LogP contribution in [0.2, 0.25) is 0 Å². The van der Waals surface area contributed by atoms with Gasteiger partial charge in [0.15, 0.2) is 0 Å². The van der Waals surface area contributed by atoms with Crippen LogP contribution in [-0.4, -0.2) is 17.7 Å². The first-order valence-corrected chi connectivity index (χ1v) is 6.74. The summed E-state index contributed by atoms with van der Waals surface area (Å²) in [5.41, 5.74) is 0.